The van der Waals surface area contributed by atoms with Crippen molar-refractivity contribution in [2.45, 2.75) is 19.3 Å². The Morgan fingerprint density at radius 3 is 2.48 bits per heavy atom. The van der Waals surface area contributed by atoms with Gasteiger partial charge in [-0.3, -0.25) is 9.59 Å². The second-order valence-electron chi connectivity index (χ2n) is 5.34. The van der Waals surface area contributed by atoms with Crippen LogP contribution in [-0.4, -0.2) is 25.5 Å². The zero-order chi connectivity index (χ0) is 18.2. The fraction of sp³-hybridized carbons (Fsp3) is 0.316. The molecule has 0 spiro atoms. The second-order valence-corrected chi connectivity index (χ2v) is 5.34. The van der Waals surface area contributed by atoms with Gasteiger partial charge in [0.2, 0.25) is 0 Å². The number of ketones is 1. The van der Waals surface area contributed by atoms with Crippen LogP contribution < -0.4 is 4.74 Å². The van der Waals surface area contributed by atoms with Gasteiger partial charge in [-0.05, 0) is 43.3 Å². The molecule has 6 heteroatoms. The molecular formula is C19H19NO5. The summed E-state index contributed by atoms with van der Waals surface area (Å²) in [6.45, 7) is 1.82. The highest BCUT2D eigenvalue weighted by Gasteiger charge is 2.34. The first kappa shape index (κ1) is 18.3. The number of nitriles is 1. The molecule has 0 saturated carbocycles. The smallest absolute Gasteiger partial charge is 0.324 e. The number of carbonyl (C=O) groups is 2. The first-order valence-corrected chi connectivity index (χ1v) is 7.87. The topological polar surface area (TPSA) is 89.5 Å². The molecule has 130 valence electrons. The molecule has 1 aromatic carbocycles. The summed E-state index contributed by atoms with van der Waals surface area (Å²) in [6, 6.07) is 11.9. The van der Waals surface area contributed by atoms with Gasteiger partial charge >= 0.3 is 5.97 Å². The Balaban J connectivity index is 2.25. The van der Waals surface area contributed by atoms with Crippen molar-refractivity contribution in [1.29, 1.82) is 5.26 Å². The van der Waals surface area contributed by atoms with Crippen LogP contribution in [0.15, 0.2) is 47.1 Å². The Kier molecular flexibility index (Phi) is 6.35. The van der Waals surface area contributed by atoms with E-state index < -0.39 is 17.8 Å². The minimum Gasteiger partial charge on any atom is -0.497 e. The van der Waals surface area contributed by atoms with E-state index >= 15 is 0 Å². The molecule has 2 unspecified atom stereocenters. The van der Waals surface area contributed by atoms with Crippen LogP contribution in [0.1, 0.15) is 35.4 Å². The van der Waals surface area contributed by atoms with Gasteiger partial charge in [-0.2, -0.15) is 5.26 Å². The molecule has 0 aliphatic rings. The molecule has 0 aliphatic heterocycles. The molecule has 2 rings (SSSR count). The number of furan rings is 1. The molecule has 6 nitrogen and oxygen atoms in total. The summed E-state index contributed by atoms with van der Waals surface area (Å²) in [5.41, 5.74) is 0.470. The van der Waals surface area contributed by atoms with E-state index in [2.05, 4.69) is 0 Å². The Morgan fingerprint density at radius 1 is 1.24 bits per heavy atom. The van der Waals surface area contributed by atoms with E-state index in [1.165, 1.54) is 6.26 Å². The van der Waals surface area contributed by atoms with Crippen LogP contribution in [0.2, 0.25) is 0 Å². The van der Waals surface area contributed by atoms with Gasteiger partial charge in [-0.1, -0.05) is 0 Å². The van der Waals surface area contributed by atoms with Crippen LogP contribution in [0.5, 0.6) is 5.75 Å². The SMILES string of the molecule is CCOC(=O)C(C#N)C(CC(=O)c1ccc(OC)cc1)c1ccco1. The highest BCUT2D eigenvalue weighted by molar-refractivity contribution is 5.97. The summed E-state index contributed by atoms with van der Waals surface area (Å²) in [5, 5.41) is 9.42. The first-order chi connectivity index (χ1) is 12.1. The van der Waals surface area contributed by atoms with E-state index in [9.17, 15) is 14.9 Å². The first-order valence-electron chi connectivity index (χ1n) is 7.87. The van der Waals surface area contributed by atoms with E-state index in [-0.39, 0.29) is 18.8 Å². The van der Waals surface area contributed by atoms with Crippen molar-refractivity contribution >= 4 is 11.8 Å². The standard InChI is InChI=1S/C19H19NO5/c1-3-24-19(22)16(12-20)15(18-5-4-10-25-18)11-17(21)13-6-8-14(23-2)9-7-13/h4-10,15-16H,3,11H2,1-2H3. The Bertz CT molecular complexity index is 743. The summed E-state index contributed by atoms with van der Waals surface area (Å²) in [5.74, 6) is -1.65. The van der Waals surface area contributed by atoms with E-state index in [0.29, 0.717) is 17.1 Å². The molecule has 0 fully saturated rings. The molecule has 25 heavy (non-hydrogen) atoms. The van der Waals surface area contributed by atoms with Gasteiger partial charge in [0.05, 0.1) is 32.0 Å². The summed E-state index contributed by atoms with van der Waals surface area (Å²) in [6.07, 6.45) is 1.40. The predicted octanol–water partition coefficient (Wildman–Crippen LogP) is 3.35. The fourth-order valence-electron chi connectivity index (χ4n) is 2.52. The normalized spacial score (nSPS) is 12.7. The molecule has 0 saturated heterocycles. The van der Waals surface area contributed by atoms with Crippen molar-refractivity contribution < 1.29 is 23.5 Å². The van der Waals surface area contributed by atoms with Gasteiger partial charge in [-0.15, -0.1) is 0 Å². The average molecular weight is 341 g/mol. The van der Waals surface area contributed by atoms with Crippen LogP contribution in [0, 0.1) is 17.2 Å². The van der Waals surface area contributed by atoms with Gasteiger partial charge in [0.15, 0.2) is 11.7 Å². The second kappa shape index (κ2) is 8.69. The number of hydrogen-bond acceptors (Lipinski definition) is 6. The maximum absolute atomic E-state index is 12.6. The number of Topliss-reactive ketones (excluding diaryl/α,β-unsaturated/α-hetero) is 1. The van der Waals surface area contributed by atoms with E-state index in [0.717, 1.165) is 0 Å². The van der Waals surface area contributed by atoms with Crippen molar-refractivity contribution in [2.75, 3.05) is 13.7 Å². The summed E-state index contributed by atoms with van der Waals surface area (Å²) < 4.78 is 15.4. The Morgan fingerprint density at radius 2 is 1.96 bits per heavy atom. The number of rotatable bonds is 8. The number of benzene rings is 1. The largest absolute Gasteiger partial charge is 0.497 e. The maximum Gasteiger partial charge on any atom is 0.324 e. The third-order valence-corrected chi connectivity index (χ3v) is 3.81. The predicted molar refractivity (Wildman–Crippen MR) is 89.1 cm³/mol. The van der Waals surface area contributed by atoms with Gasteiger partial charge < -0.3 is 13.9 Å². The third-order valence-electron chi connectivity index (χ3n) is 3.81. The summed E-state index contributed by atoms with van der Waals surface area (Å²) in [4.78, 5) is 24.7. The summed E-state index contributed by atoms with van der Waals surface area (Å²) >= 11 is 0. The molecule has 0 aliphatic carbocycles. The van der Waals surface area contributed by atoms with E-state index in [4.69, 9.17) is 13.9 Å². The van der Waals surface area contributed by atoms with Crippen LogP contribution in [0.25, 0.3) is 0 Å². The molecule has 0 N–H and O–H groups in total. The monoisotopic (exact) mass is 341 g/mol. The van der Waals surface area contributed by atoms with E-state index in [1.807, 2.05) is 6.07 Å². The van der Waals surface area contributed by atoms with Gasteiger partial charge in [-0.25, -0.2) is 0 Å². The molecule has 0 bridgehead atoms. The zero-order valence-electron chi connectivity index (χ0n) is 14.1. The van der Waals surface area contributed by atoms with E-state index in [1.54, 1.807) is 50.4 Å². The van der Waals surface area contributed by atoms with Gasteiger partial charge in [0.1, 0.15) is 11.5 Å². The molecule has 2 aromatic rings. The quantitative estimate of drug-likeness (QED) is 0.540. The van der Waals surface area contributed by atoms with Crippen LogP contribution >= 0.6 is 0 Å². The summed E-state index contributed by atoms with van der Waals surface area (Å²) in [7, 11) is 1.54. The average Bonchev–Trinajstić information content (AvgIpc) is 3.16. The number of hydrogen-bond donors (Lipinski definition) is 0. The number of carbonyl (C=O) groups excluding carboxylic acids is 2. The molecule has 1 aromatic heterocycles. The number of methoxy groups -OCH3 is 1. The van der Waals surface area contributed by atoms with Crippen molar-refractivity contribution in [1.82, 2.24) is 0 Å². The van der Waals surface area contributed by atoms with Gasteiger partial charge in [0, 0.05) is 12.0 Å². The minimum absolute atomic E-state index is 0.0448. The Labute approximate surface area is 146 Å². The lowest BCUT2D eigenvalue weighted by molar-refractivity contribution is -0.146. The van der Waals surface area contributed by atoms with Crippen LogP contribution in [0.4, 0.5) is 0 Å². The Hall–Kier alpha value is -3.07. The third kappa shape index (κ3) is 4.48. The number of nitrogens with zero attached hydrogens (tertiary/aromatic N) is 1. The van der Waals surface area contributed by atoms with Crippen LogP contribution in [-0.2, 0) is 9.53 Å². The van der Waals surface area contributed by atoms with Gasteiger partial charge in [0.25, 0.3) is 0 Å². The van der Waals surface area contributed by atoms with Crippen molar-refractivity contribution in [3.05, 3.63) is 54.0 Å². The number of ether oxygens (including phenoxy) is 2. The van der Waals surface area contributed by atoms with Crippen LogP contribution in [0.3, 0.4) is 0 Å². The molecular weight excluding hydrogens is 322 g/mol. The lowest BCUT2D eigenvalue weighted by atomic mass is 9.85. The fourth-order valence-corrected chi connectivity index (χ4v) is 2.52. The van der Waals surface area contributed by atoms with Crippen molar-refractivity contribution in [3.63, 3.8) is 0 Å². The molecule has 1 heterocycles. The van der Waals surface area contributed by atoms with Crippen molar-refractivity contribution in [2.24, 2.45) is 5.92 Å². The lowest BCUT2D eigenvalue weighted by Crippen LogP contribution is -2.25. The number of esters is 1. The molecule has 0 amide bonds. The minimum atomic E-state index is -1.12. The van der Waals surface area contributed by atoms with Crippen molar-refractivity contribution in [3.8, 4) is 11.8 Å². The zero-order valence-corrected chi connectivity index (χ0v) is 14.1. The molecule has 2 atom stereocenters. The maximum atomic E-state index is 12.6. The lowest BCUT2D eigenvalue weighted by Gasteiger charge is -2.18. The highest BCUT2D eigenvalue weighted by atomic mass is 16.5. The molecule has 0 radical (unpaired) electrons. The highest BCUT2D eigenvalue weighted by Crippen LogP contribution is 2.31.